The Kier molecular flexibility index (Phi) is 4.42. The van der Waals surface area contributed by atoms with Crippen LogP contribution in [0.4, 0.5) is 5.82 Å². The molecule has 1 N–H and O–H groups in total. The van der Waals surface area contributed by atoms with Crippen LogP contribution in [-0.4, -0.2) is 53.8 Å². The fourth-order valence-corrected chi connectivity index (χ4v) is 3.28. The molecule has 0 bridgehead atoms. The highest BCUT2D eigenvalue weighted by Crippen LogP contribution is 2.25. The molecule has 1 saturated heterocycles. The van der Waals surface area contributed by atoms with Gasteiger partial charge in [0.2, 0.25) is 0 Å². The highest BCUT2D eigenvalue weighted by atomic mass is 79.9. The number of rotatable bonds is 3. The molecule has 5 heteroatoms. The summed E-state index contributed by atoms with van der Waals surface area (Å²) >= 11 is 3.57. The van der Waals surface area contributed by atoms with Gasteiger partial charge in [0.05, 0.1) is 11.6 Å². The Morgan fingerprint density at radius 3 is 2.67 bits per heavy atom. The zero-order valence-electron chi connectivity index (χ0n) is 12.2. The van der Waals surface area contributed by atoms with Gasteiger partial charge in [0.15, 0.2) is 0 Å². The first-order valence-corrected chi connectivity index (χ1v) is 8.13. The van der Waals surface area contributed by atoms with Gasteiger partial charge in [-0.05, 0) is 41.1 Å². The van der Waals surface area contributed by atoms with Crippen LogP contribution in [0.2, 0.25) is 0 Å². The average molecular weight is 350 g/mol. The van der Waals surface area contributed by atoms with Gasteiger partial charge in [0.1, 0.15) is 5.82 Å². The molecule has 2 aromatic rings. The van der Waals surface area contributed by atoms with Crippen molar-refractivity contribution in [1.82, 2.24) is 9.88 Å². The number of aliphatic hydroxyl groups excluding tert-OH is 1. The van der Waals surface area contributed by atoms with Crippen molar-refractivity contribution < 1.29 is 5.11 Å². The maximum Gasteiger partial charge on any atom is 0.129 e. The molecule has 112 valence electrons. The summed E-state index contributed by atoms with van der Waals surface area (Å²) in [6.45, 7) is 6.45. The largest absolute Gasteiger partial charge is 0.392 e. The molecule has 3 rings (SSSR count). The number of para-hydroxylation sites is 1. The number of fused-ring (bicyclic) bond motifs is 1. The molecular formula is C16H20BrN3O. The maximum atomic E-state index is 9.46. The van der Waals surface area contributed by atoms with Crippen molar-refractivity contribution in [1.29, 1.82) is 0 Å². The van der Waals surface area contributed by atoms with Crippen LogP contribution in [0.25, 0.3) is 10.9 Å². The summed E-state index contributed by atoms with van der Waals surface area (Å²) in [5.74, 6) is 1.03. The standard InChI is InChI=1S/C16H20BrN3O/c1-12(21)11-19-7-9-20(10-8-19)15-6-5-13-3-2-4-14(17)16(13)18-15/h2-6,12,21H,7-11H2,1H3/t12-/m1/s1. The Bertz CT molecular complexity index is 624. The van der Waals surface area contributed by atoms with E-state index >= 15 is 0 Å². The summed E-state index contributed by atoms with van der Waals surface area (Å²) in [7, 11) is 0. The topological polar surface area (TPSA) is 39.6 Å². The molecule has 0 saturated carbocycles. The van der Waals surface area contributed by atoms with E-state index in [1.807, 2.05) is 19.1 Å². The van der Waals surface area contributed by atoms with Crippen LogP contribution in [0.3, 0.4) is 0 Å². The van der Waals surface area contributed by atoms with Gasteiger partial charge in [-0.3, -0.25) is 4.90 Å². The Morgan fingerprint density at radius 2 is 1.95 bits per heavy atom. The lowest BCUT2D eigenvalue weighted by molar-refractivity contribution is 0.122. The average Bonchev–Trinajstić information content (AvgIpc) is 2.48. The molecule has 0 aliphatic carbocycles. The minimum Gasteiger partial charge on any atom is -0.392 e. The molecular weight excluding hydrogens is 330 g/mol. The molecule has 0 radical (unpaired) electrons. The van der Waals surface area contributed by atoms with Crippen molar-refractivity contribution in [3.63, 3.8) is 0 Å². The number of aliphatic hydroxyl groups is 1. The second-order valence-electron chi connectivity index (χ2n) is 5.62. The van der Waals surface area contributed by atoms with Gasteiger partial charge in [-0.2, -0.15) is 0 Å². The van der Waals surface area contributed by atoms with E-state index < -0.39 is 0 Å². The van der Waals surface area contributed by atoms with Gasteiger partial charge in [0.25, 0.3) is 0 Å². The number of hydrogen-bond acceptors (Lipinski definition) is 4. The van der Waals surface area contributed by atoms with Gasteiger partial charge < -0.3 is 10.0 Å². The number of anilines is 1. The summed E-state index contributed by atoms with van der Waals surface area (Å²) in [4.78, 5) is 9.42. The Labute approximate surface area is 133 Å². The third-order valence-electron chi connectivity index (χ3n) is 3.88. The normalized spacial score (nSPS) is 18.1. The van der Waals surface area contributed by atoms with Crippen LogP contribution in [0.1, 0.15) is 6.92 Å². The van der Waals surface area contributed by atoms with E-state index in [1.165, 1.54) is 0 Å². The van der Waals surface area contributed by atoms with Gasteiger partial charge in [0, 0.05) is 42.6 Å². The molecule has 0 amide bonds. The first-order chi connectivity index (χ1) is 10.1. The smallest absolute Gasteiger partial charge is 0.129 e. The summed E-state index contributed by atoms with van der Waals surface area (Å²) < 4.78 is 1.04. The van der Waals surface area contributed by atoms with Crippen LogP contribution >= 0.6 is 15.9 Å². The zero-order chi connectivity index (χ0) is 14.8. The van der Waals surface area contributed by atoms with Gasteiger partial charge in [-0.15, -0.1) is 0 Å². The third kappa shape index (κ3) is 3.36. The maximum absolute atomic E-state index is 9.46. The lowest BCUT2D eigenvalue weighted by atomic mass is 10.2. The van der Waals surface area contributed by atoms with E-state index in [2.05, 4.69) is 43.9 Å². The fraction of sp³-hybridized carbons (Fsp3) is 0.438. The number of piperazine rings is 1. The molecule has 0 spiro atoms. The van der Waals surface area contributed by atoms with Gasteiger partial charge in [-0.25, -0.2) is 4.98 Å². The van der Waals surface area contributed by atoms with Crippen molar-refractivity contribution in [2.45, 2.75) is 13.0 Å². The summed E-state index contributed by atoms with van der Waals surface area (Å²) in [6.07, 6.45) is -0.258. The second-order valence-corrected chi connectivity index (χ2v) is 6.47. The lowest BCUT2D eigenvalue weighted by Crippen LogP contribution is -2.48. The van der Waals surface area contributed by atoms with Crippen LogP contribution in [-0.2, 0) is 0 Å². The lowest BCUT2D eigenvalue weighted by Gasteiger charge is -2.36. The van der Waals surface area contributed by atoms with Crippen molar-refractivity contribution in [2.75, 3.05) is 37.6 Å². The zero-order valence-corrected chi connectivity index (χ0v) is 13.8. The highest BCUT2D eigenvalue weighted by Gasteiger charge is 2.19. The second kappa shape index (κ2) is 6.30. The number of aromatic nitrogens is 1. The molecule has 1 aromatic carbocycles. The number of pyridine rings is 1. The molecule has 1 aliphatic rings. The molecule has 2 heterocycles. The predicted octanol–water partition coefficient (Wildman–Crippen LogP) is 2.50. The van der Waals surface area contributed by atoms with Crippen molar-refractivity contribution in [2.24, 2.45) is 0 Å². The summed E-state index contributed by atoms with van der Waals surface area (Å²) in [6, 6.07) is 10.4. The number of benzene rings is 1. The number of β-amino-alcohol motifs (C(OH)–C–C–N with tert-alkyl or cyclic N) is 1. The van der Waals surface area contributed by atoms with Crippen molar-refractivity contribution >= 4 is 32.7 Å². The number of halogens is 1. The third-order valence-corrected chi connectivity index (χ3v) is 4.51. The van der Waals surface area contributed by atoms with Gasteiger partial charge >= 0.3 is 0 Å². The SMILES string of the molecule is C[C@@H](O)CN1CCN(c2ccc3cccc(Br)c3n2)CC1. The molecule has 21 heavy (non-hydrogen) atoms. The van der Waals surface area contributed by atoms with E-state index in [0.717, 1.165) is 53.9 Å². The Morgan fingerprint density at radius 1 is 1.19 bits per heavy atom. The Hall–Kier alpha value is -1.17. The van der Waals surface area contributed by atoms with Crippen molar-refractivity contribution in [3.8, 4) is 0 Å². The van der Waals surface area contributed by atoms with Crippen LogP contribution in [0, 0.1) is 0 Å². The molecule has 1 fully saturated rings. The monoisotopic (exact) mass is 349 g/mol. The van der Waals surface area contributed by atoms with Crippen LogP contribution in [0.15, 0.2) is 34.8 Å². The molecule has 0 unspecified atom stereocenters. The quantitative estimate of drug-likeness (QED) is 0.923. The van der Waals surface area contributed by atoms with Gasteiger partial charge in [-0.1, -0.05) is 12.1 Å². The molecule has 1 aliphatic heterocycles. The number of hydrogen-bond donors (Lipinski definition) is 1. The first kappa shape index (κ1) is 14.8. The molecule has 1 aromatic heterocycles. The summed E-state index contributed by atoms with van der Waals surface area (Å²) in [5.41, 5.74) is 1.02. The van der Waals surface area contributed by atoms with Crippen molar-refractivity contribution in [3.05, 3.63) is 34.8 Å². The number of nitrogens with zero attached hydrogens (tertiary/aromatic N) is 3. The van der Waals surface area contributed by atoms with E-state index in [4.69, 9.17) is 4.98 Å². The van der Waals surface area contributed by atoms with E-state index in [0.29, 0.717) is 0 Å². The van der Waals surface area contributed by atoms with E-state index in [9.17, 15) is 5.11 Å². The molecule has 1 atom stereocenters. The predicted molar refractivity (Wildman–Crippen MR) is 89.8 cm³/mol. The fourth-order valence-electron chi connectivity index (χ4n) is 2.81. The minimum absolute atomic E-state index is 0.258. The Balaban J connectivity index is 1.75. The first-order valence-electron chi connectivity index (χ1n) is 7.34. The highest BCUT2D eigenvalue weighted by molar-refractivity contribution is 9.10. The summed E-state index contributed by atoms with van der Waals surface area (Å²) in [5, 5.41) is 10.6. The van der Waals surface area contributed by atoms with E-state index in [1.54, 1.807) is 0 Å². The minimum atomic E-state index is -0.258. The van der Waals surface area contributed by atoms with Crippen LogP contribution < -0.4 is 4.90 Å². The van der Waals surface area contributed by atoms with Crippen LogP contribution in [0.5, 0.6) is 0 Å². The molecule has 4 nitrogen and oxygen atoms in total. The van der Waals surface area contributed by atoms with E-state index in [-0.39, 0.29) is 6.10 Å².